The van der Waals surface area contributed by atoms with Crippen molar-refractivity contribution in [3.63, 3.8) is 0 Å². The molecular weight excluding hydrogens is 384 g/mol. The van der Waals surface area contributed by atoms with Gasteiger partial charge in [0.1, 0.15) is 12.6 Å². The Morgan fingerprint density at radius 1 is 1.29 bits per heavy atom. The zero-order valence-corrected chi connectivity index (χ0v) is 16.3. The molecule has 0 saturated heterocycles. The Balaban J connectivity index is 1.79. The van der Waals surface area contributed by atoms with Gasteiger partial charge in [-0.05, 0) is 31.0 Å². The van der Waals surface area contributed by atoms with Crippen molar-refractivity contribution >= 4 is 17.5 Å². The van der Waals surface area contributed by atoms with Gasteiger partial charge in [-0.2, -0.15) is 9.78 Å². The molecule has 152 valence electrons. The van der Waals surface area contributed by atoms with Gasteiger partial charge >= 0.3 is 5.69 Å². The zero-order valence-electron chi connectivity index (χ0n) is 15.6. The SMILES string of the molecule is O=C(NC(O)C1CCCCCC1)c1cc(-n2ncn(CCO)c2=O)ccc1Cl. The van der Waals surface area contributed by atoms with Crippen LogP contribution in [-0.2, 0) is 6.54 Å². The number of aliphatic hydroxyl groups is 2. The quantitative estimate of drug-likeness (QED) is 0.498. The lowest BCUT2D eigenvalue weighted by Crippen LogP contribution is -2.40. The first-order valence-electron chi connectivity index (χ1n) is 9.55. The van der Waals surface area contributed by atoms with Gasteiger partial charge < -0.3 is 15.5 Å². The third-order valence-corrected chi connectivity index (χ3v) is 5.47. The van der Waals surface area contributed by atoms with E-state index >= 15 is 0 Å². The Hall–Kier alpha value is -2.16. The lowest BCUT2D eigenvalue weighted by atomic mass is 9.98. The number of nitrogens with one attached hydrogen (secondary N) is 1. The number of amides is 1. The fraction of sp³-hybridized carbons (Fsp3) is 0.526. The lowest BCUT2D eigenvalue weighted by molar-refractivity contribution is 0.0532. The number of halogens is 1. The molecule has 1 aliphatic carbocycles. The van der Waals surface area contributed by atoms with E-state index in [2.05, 4.69) is 10.4 Å². The minimum Gasteiger partial charge on any atom is -0.395 e. The normalized spacial score (nSPS) is 16.5. The van der Waals surface area contributed by atoms with Gasteiger partial charge in [0.25, 0.3) is 5.91 Å². The molecule has 1 aromatic carbocycles. The molecule has 1 saturated carbocycles. The van der Waals surface area contributed by atoms with E-state index in [0.29, 0.717) is 5.69 Å². The van der Waals surface area contributed by atoms with Crippen LogP contribution in [0.4, 0.5) is 0 Å². The minimum absolute atomic E-state index is 0.0326. The molecule has 1 atom stereocenters. The Labute approximate surface area is 167 Å². The highest BCUT2D eigenvalue weighted by molar-refractivity contribution is 6.33. The van der Waals surface area contributed by atoms with Gasteiger partial charge in [0.15, 0.2) is 0 Å². The van der Waals surface area contributed by atoms with Crippen LogP contribution in [0, 0.1) is 5.92 Å². The van der Waals surface area contributed by atoms with Crippen molar-refractivity contribution in [2.24, 2.45) is 5.92 Å². The molecule has 2 aromatic rings. The van der Waals surface area contributed by atoms with Gasteiger partial charge in [-0.3, -0.25) is 9.36 Å². The zero-order chi connectivity index (χ0) is 20.1. The molecule has 0 spiro atoms. The number of benzene rings is 1. The second kappa shape index (κ2) is 9.36. The van der Waals surface area contributed by atoms with E-state index in [9.17, 15) is 14.7 Å². The van der Waals surface area contributed by atoms with Gasteiger partial charge in [0, 0.05) is 5.92 Å². The predicted molar refractivity (Wildman–Crippen MR) is 105 cm³/mol. The molecule has 0 bridgehead atoms. The van der Waals surface area contributed by atoms with Crippen LogP contribution in [0.25, 0.3) is 5.69 Å². The maximum atomic E-state index is 12.7. The average molecular weight is 409 g/mol. The summed E-state index contributed by atoms with van der Waals surface area (Å²) in [6.45, 7) is -0.0493. The first-order chi connectivity index (χ1) is 13.5. The third kappa shape index (κ3) is 4.63. The van der Waals surface area contributed by atoms with Crippen molar-refractivity contribution in [2.45, 2.75) is 51.3 Å². The summed E-state index contributed by atoms with van der Waals surface area (Å²) in [6, 6.07) is 4.56. The van der Waals surface area contributed by atoms with Crippen LogP contribution in [0.5, 0.6) is 0 Å². The van der Waals surface area contributed by atoms with Crippen LogP contribution in [-0.4, -0.2) is 43.3 Å². The fourth-order valence-electron chi connectivity index (χ4n) is 3.55. The maximum absolute atomic E-state index is 12.7. The summed E-state index contributed by atoms with van der Waals surface area (Å²) in [4.78, 5) is 25.0. The van der Waals surface area contributed by atoms with E-state index in [0.717, 1.165) is 43.2 Å². The molecular formula is C19H25ClN4O4. The van der Waals surface area contributed by atoms with Crippen LogP contribution in [0.1, 0.15) is 48.9 Å². The number of hydrogen-bond donors (Lipinski definition) is 3. The molecule has 1 heterocycles. The molecule has 8 nitrogen and oxygen atoms in total. The largest absolute Gasteiger partial charge is 0.395 e. The molecule has 1 aliphatic rings. The number of hydrogen-bond acceptors (Lipinski definition) is 5. The monoisotopic (exact) mass is 408 g/mol. The van der Waals surface area contributed by atoms with Crippen LogP contribution >= 0.6 is 11.6 Å². The second-order valence-corrected chi connectivity index (χ2v) is 7.48. The highest BCUT2D eigenvalue weighted by atomic mass is 35.5. The van der Waals surface area contributed by atoms with Gasteiger partial charge in [-0.1, -0.05) is 37.3 Å². The smallest absolute Gasteiger partial charge is 0.350 e. The predicted octanol–water partition coefficient (Wildman–Crippen LogP) is 1.70. The molecule has 1 fully saturated rings. The number of rotatable bonds is 6. The van der Waals surface area contributed by atoms with Gasteiger partial charge in [0.05, 0.1) is 29.4 Å². The maximum Gasteiger partial charge on any atom is 0.350 e. The summed E-state index contributed by atoms with van der Waals surface area (Å²) >= 11 is 6.18. The Bertz CT molecular complexity index is 871. The molecule has 9 heteroatoms. The highest BCUT2D eigenvalue weighted by Crippen LogP contribution is 2.25. The number of carbonyl (C=O) groups excluding carboxylic acids is 1. The lowest BCUT2D eigenvalue weighted by Gasteiger charge is -2.22. The van der Waals surface area contributed by atoms with Crippen molar-refractivity contribution in [3.05, 3.63) is 45.6 Å². The first kappa shape index (κ1) is 20.6. The van der Waals surface area contributed by atoms with E-state index in [1.165, 1.54) is 23.0 Å². The van der Waals surface area contributed by atoms with Crippen molar-refractivity contribution < 1.29 is 15.0 Å². The molecule has 1 aromatic heterocycles. The van der Waals surface area contributed by atoms with E-state index < -0.39 is 17.8 Å². The number of aliphatic hydroxyl groups excluding tert-OH is 2. The Morgan fingerprint density at radius 2 is 2.00 bits per heavy atom. The Morgan fingerprint density at radius 3 is 2.68 bits per heavy atom. The highest BCUT2D eigenvalue weighted by Gasteiger charge is 2.24. The summed E-state index contributed by atoms with van der Waals surface area (Å²) in [6.07, 6.45) is 6.56. The van der Waals surface area contributed by atoms with Gasteiger partial charge in [0.2, 0.25) is 0 Å². The van der Waals surface area contributed by atoms with Crippen molar-refractivity contribution in [3.8, 4) is 5.69 Å². The molecule has 0 radical (unpaired) electrons. The molecule has 3 rings (SSSR count). The molecule has 3 N–H and O–H groups in total. The van der Waals surface area contributed by atoms with Gasteiger partial charge in [-0.25, -0.2) is 4.79 Å². The van der Waals surface area contributed by atoms with E-state index in [1.807, 2.05) is 0 Å². The molecule has 0 aliphatic heterocycles. The van der Waals surface area contributed by atoms with Crippen molar-refractivity contribution in [1.29, 1.82) is 0 Å². The summed E-state index contributed by atoms with van der Waals surface area (Å²) in [5.74, 6) is -0.461. The molecule has 1 unspecified atom stereocenters. The third-order valence-electron chi connectivity index (χ3n) is 5.14. The topological polar surface area (TPSA) is 109 Å². The molecule has 28 heavy (non-hydrogen) atoms. The number of carbonyl (C=O) groups is 1. The van der Waals surface area contributed by atoms with Crippen molar-refractivity contribution in [2.75, 3.05) is 6.61 Å². The van der Waals surface area contributed by atoms with Crippen LogP contribution < -0.4 is 11.0 Å². The summed E-state index contributed by atoms with van der Waals surface area (Å²) in [5, 5.41) is 26.3. The van der Waals surface area contributed by atoms with Crippen LogP contribution in [0.15, 0.2) is 29.3 Å². The summed E-state index contributed by atoms with van der Waals surface area (Å²) in [5.41, 5.74) is 0.108. The first-order valence-corrected chi connectivity index (χ1v) is 9.93. The van der Waals surface area contributed by atoms with Crippen LogP contribution in [0.3, 0.4) is 0 Å². The minimum atomic E-state index is -0.934. The number of aromatic nitrogens is 3. The van der Waals surface area contributed by atoms with E-state index in [1.54, 1.807) is 6.07 Å². The molecule has 1 amide bonds. The van der Waals surface area contributed by atoms with E-state index in [-0.39, 0.29) is 29.7 Å². The Kier molecular flexibility index (Phi) is 6.88. The average Bonchev–Trinajstić information content (AvgIpc) is 2.88. The summed E-state index contributed by atoms with van der Waals surface area (Å²) < 4.78 is 2.40. The van der Waals surface area contributed by atoms with Crippen LogP contribution in [0.2, 0.25) is 5.02 Å². The fourth-order valence-corrected chi connectivity index (χ4v) is 3.75. The number of nitrogens with zero attached hydrogens (tertiary/aromatic N) is 3. The van der Waals surface area contributed by atoms with E-state index in [4.69, 9.17) is 16.7 Å². The van der Waals surface area contributed by atoms with Crippen molar-refractivity contribution in [1.82, 2.24) is 19.7 Å². The second-order valence-electron chi connectivity index (χ2n) is 7.08. The van der Waals surface area contributed by atoms with Gasteiger partial charge in [-0.15, -0.1) is 0 Å². The summed E-state index contributed by atoms with van der Waals surface area (Å²) in [7, 11) is 0. The standard InChI is InChI=1S/C19H25ClN4O4/c20-16-8-7-14(24-19(28)23(9-10-25)12-21-24)11-15(16)18(27)22-17(26)13-5-3-1-2-4-6-13/h7-8,11-13,17,25-26H,1-6,9-10H2,(H,22,27).